The molecular formula is C20H22ClN5O2. The molecule has 146 valence electrons. The Morgan fingerprint density at radius 2 is 1.93 bits per heavy atom. The highest BCUT2D eigenvalue weighted by Crippen LogP contribution is 2.18. The van der Waals surface area contributed by atoms with Crippen LogP contribution in [0.25, 0.3) is 10.9 Å². The number of pyridine rings is 2. The fourth-order valence-corrected chi connectivity index (χ4v) is 2.88. The molecular weight excluding hydrogens is 378 g/mol. The van der Waals surface area contributed by atoms with Crippen LogP contribution in [0, 0.1) is 0 Å². The van der Waals surface area contributed by atoms with Gasteiger partial charge in [0.25, 0.3) is 11.5 Å². The molecule has 2 aromatic heterocycles. The molecule has 1 aromatic carbocycles. The van der Waals surface area contributed by atoms with Crippen molar-refractivity contribution in [3.8, 4) is 0 Å². The number of aryl methyl sites for hydroxylation is 1. The predicted molar refractivity (Wildman–Crippen MR) is 113 cm³/mol. The third-order valence-electron chi connectivity index (χ3n) is 4.33. The Morgan fingerprint density at radius 3 is 2.61 bits per heavy atom. The Balaban J connectivity index is 1.86. The maximum Gasteiger partial charge on any atom is 0.274 e. The molecule has 28 heavy (non-hydrogen) atoms. The number of aromatic nitrogens is 2. The van der Waals surface area contributed by atoms with Gasteiger partial charge in [0.1, 0.15) is 11.5 Å². The second-order valence-corrected chi connectivity index (χ2v) is 7.18. The third-order valence-corrected chi connectivity index (χ3v) is 4.58. The van der Waals surface area contributed by atoms with E-state index >= 15 is 0 Å². The van der Waals surface area contributed by atoms with Crippen LogP contribution >= 0.6 is 11.6 Å². The fraction of sp³-hybridized carbons (Fsp3) is 0.250. The van der Waals surface area contributed by atoms with Crippen LogP contribution in [0.1, 0.15) is 10.4 Å². The summed E-state index contributed by atoms with van der Waals surface area (Å²) in [6, 6.07) is 9.94. The highest BCUT2D eigenvalue weighted by atomic mass is 35.5. The number of anilines is 2. The van der Waals surface area contributed by atoms with Gasteiger partial charge in [-0.1, -0.05) is 11.6 Å². The molecule has 0 aliphatic heterocycles. The van der Waals surface area contributed by atoms with E-state index in [1.807, 2.05) is 20.2 Å². The van der Waals surface area contributed by atoms with E-state index in [0.29, 0.717) is 16.4 Å². The number of carbonyl (C=O) groups excluding carboxylic acids is 1. The van der Waals surface area contributed by atoms with Gasteiger partial charge in [0.05, 0.1) is 5.52 Å². The Labute approximate surface area is 167 Å². The van der Waals surface area contributed by atoms with Crippen LogP contribution in [0.2, 0.25) is 5.02 Å². The molecule has 8 heteroatoms. The van der Waals surface area contributed by atoms with Crippen LogP contribution in [-0.2, 0) is 7.05 Å². The molecule has 3 aromatic rings. The molecule has 0 aliphatic carbocycles. The molecule has 0 atom stereocenters. The van der Waals surface area contributed by atoms with Crippen molar-refractivity contribution in [1.29, 1.82) is 0 Å². The normalized spacial score (nSPS) is 11.0. The molecule has 2 heterocycles. The van der Waals surface area contributed by atoms with Crippen molar-refractivity contribution in [2.75, 3.05) is 37.8 Å². The van der Waals surface area contributed by atoms with Gasteiger partial charge in [-0.15, -0.1) is 0 Å². The van der Waals surface area contributed by atoms with Gasteiger partial charge in [-0.3, -0.25) is 9.59 Å². The second-order valence-electron chi connectivity index (χ2n) is 6.74. The molecule has 0 fully saturated rings. The fourth-order valence-electron chi connectivity index (χ4n) is 2.75. The molecule has 0 bridgehead atoms. The number of fused-ring (bicyclic) bond motifs is 1. The standard InChI is InChI=1S/C20H22ClN5O2/c1-25(2)9-8-22-18-11-17-14(12-23-18)10-16(20(28)26(17)3)24-19(27)13-4-6-15(21)7-5-13/h4-7,10-12H,8-9H2,1-3H3,(H,22,23)(H,24,27). The van der Waals surface area contributed by atoms with E-state index in [-0.39, 0.29) is 17.2 Å². The Bertz CT molecular complexity index is 1060. The Hall–Kier alpha value is -2.90. The van der Waals surface area contributed by atoms with Crippen LogP contribution in [0.4, 0.5) is 11.5 Å². The number of carbonyl (C=O) groups is 1. The average molecular weight is 400 g/mol. The molecule has 0 aliphatic rings. The number of amides is 1. The second kappa shape index (κ2) is 8.41. The lowest BCUT2D eigenvalue weighted by atomic mass is 10.2. The summed E-state index contributed by atoms with van der Waals surface area (Å²) in [6.45, 7) is 1.61. The van der Waals surface area contributed by atoms with Gasteiger partial charge in [-0.2, -0.15) is 0 Å². The molecule has 1 amide bonds. The number of nitrogens with one attached hydrogen (secondary N) is 2. The Morgan fingerprint density at radius 1 is 1.21 bits per heavy atom. The first kappa shape index (κ1) is 19.9. The van der Waals surface area contributed by atoms with Crippen molar-refractivity contribution in [1.82, 2.24) is 14.5 Å². The number of rotatable bonds is 6. The van der Waals surface area contributed by atoms with E-state index < -0.39 is 0 Å². The first-order valence-corrected chi connectivity index (χ1v) is 9.18. The van der Waals surface area contributed by atoms with E-state index in [0.717, 1.165) is 24.0 Å². The summed E-state index contributed by atoms with van der Waals surface area (Å²) < 4.78 is 1.51. The zero-order valence-corrected chi connectivity index (χ0v) is 16.7. The van der Waals surface area contributed by atoms with Crippen LogP contribution in [-0.4, -0.2) is 47.5 Å². The smallest absolute Gasteiger partial charge is 0.274 e. The van der Waals surface area contributed by atoms with Gasteiger partial charge >= 0.3 is 0 Å². The molecule has 0 saturated heterocycles. The van der Waals surface area contributed by atoms with Gasteiger partial charge in [-0.05, 0) is 44.4 Å². The topological polar surface area (TPSA) is 79.3 Å². The maximum absolute atomic E-state index is 12.7. The molecule has 0 spiro atoms. The maximum atomic E-state index is 12.7. The van der Waals surface area contributed by atoms with Crippen molar-refractivity contribution in [2.45, 2.75) is 0 Å². The van der Waals surface area contributed by atoms with E-state index in [1.165, 1.54) is 4.57 Å². The number of likely N-dealkylation sites (N-methyl/N-ethyl adjacent to an activating group) is 1. The summed E-state index contributed by atoms with van der Waals surface area (Å²) in [5.74, 6) is 0.324. The number of hydrogen-bond donors (Lipinski definition) is 2. The van der Waals surface area contributed by atoms with Crippen LogP contribution in [0.15, 0.2) is 47.4 Å². The average Bonchev–Trinajstić information content (AvgIpc) is 2.66. The summed E-state index contributed by atoms with van der Waals surface area (Å²) in [5, 5.41) is 7.21. The lowest BCUT2D eigenvalue weighted by molar-refractivity contribution is 0.102. The minimum Gasteiger partial charge on any atom is -0.369 e. The summed E-state index contributed by atoms with van der Waals surface area (Å²) in [6.07, 6.45) is 1.69. The minimum atomic E-state index is -0.372. The lowest BCUT2D eigenvalue weighted by Gasteiger charge is -2.13. The monoisotopic (exact) mass is 399 g/mol. The van der Waals surface area contributed by atoms with Crippen molar-refractivity contribution in [3.63, 3.8) is 0 Å². The zero-order chi connectivity index (χ0) is 20.3. The largest absolute Gasteiger partial charge is 0.369 e. The van der Waals surface area contributed by atoms with Gasteiger partial charge in [0.15, 0.2) is 0 Å². The predicted octanol–water partition coefficient (Wildman–Crippen LogP) is 2.81. The molecule has 0 radical (unpaired) electrons. The van der Waals surface area contributed by atoms with E-state index in [1.54, 1.807) is 43.6 Å². The van der Waals surface area contributed by atoms with Gasteiger partial charge in [0.2, 0.25) is 0 Å². The Kier molecular flexibility index (Phi) is 5.96. The minimum absolute atomic E-state index is 0.199. The van der Waals surface area contributed by atoms with Crippen molar-refractivity contribution in [2.24, 2.45) is 7.05 Å². The third kappa shape index (κ3) is 4.49. The SMILES string of the molecule is CN(C)CCNc1cc2c(cn1)cc(NC(=O)c1ccc(Cl)cc1)c(=O)n2C. The van der Waals surface area contributed by atoms with E-state index in [9.17, 15) is 9.59 Å². The summed E-state index contributed by atoms with van der Waals surface area (Å²) >= 11 is 5.85. The number of nitrogens with zero attached hydrogens (tertiary/aromatic N) is 3. The molecule has 0 saturated carbocycles. The summed E-state index contributed by atoms with van der Waals surface area (Å²) in [4.78, 5) is 31.6. The quantitative estimate of drug-likeness (QED) is 0.666. The zero-order valence-electron chi connectivity index (χ0n) is 16.0. The van der Waals surface area contributed by atoms with E-state index in [2.05, 4.69) is 20.5 Å². The first-order chi connectivity index (χ1) is 13.3. The van der Waals surface area contributed by atoms with Crippen molar-refractivity contribution >= 4 is 39.9 Å². The van der Waals surface area contributed by atoms with Gasteiger partial charge in [0, 0.05) is 48.4 Å². The molecule has 3 rings (SSSR count). The summed E-state index contributed by atoms with van der Waals surface area (Å²) in [5.41, 5.74) is 1.06. The number of hydrogen-bond acceptors (Lipinski definition) is 5. The van der Waals surface area contributed by atoms with Crippen molar-refractivity contribution < 1.29 is 4.79 Å². The highest BCUT2D eigenvalue weighted by molar-refractivity contribution is 6.30. The van der Waals surface area contributed by atoms with Gasteiger partial charge < -0.3 is 20.1 Å². The number of halogens is 1. The lowest BCUT2D eigenvalue weighted by Crippen LogP contribution is -2.25. The van der Waals surface area contributed by atoms with Crippen molar-refractivity contribution in [3.05, 3.63) is 63.5 Å². The molecule has 7 nitrogen and oxygen atoms in total. The first-order valence-electron chi connectivity index (χ1n) is 8.80. The summed E-state index contributed by atoms with van der Waals surface area (Å²) in [7, 11) is 5.67. The van der Waals surface area contributed by atoms with Gasteiger partial charge in [-0.25, -0.2) is 4.98 Å². The number of benzene rings is 1. The van der Waals surface area contributed by atoms with E-state index in [4.69, 9.17) is 11.6 Å². The highest BCUT2D eigenvalue weighted by Gasteiger charge is 2.12. The van der Waals surface area contributed by atoms with Crippen LogP contribution < -0.4 is 16.2 Å². The molecule has 2 N–H and O–H groups in total. The molecule has 0 unspecified atom stereocenters. The van der Waals surface area contributed by atoms with Crippen LogP contribution in [0.3, 0.4) is 0 Å². The van der Waals surface area contributed by atoms with Crippen LogP contribution in [0.5, 0.6) is 0 Å².